The molecule has 1 aliphatic heterocycles. The number of rotatable bonds is 7. The van der Waals surface area contributed by atoms with Gasteiger partial charge in [-0.25, -0.2) is 0 Å². The quantitative estimate of drug-likeness (QED) is 0.487. The molecule has 2 heteroatoms. The molecule has 0 aromatic rings. The molecule has 2 nitrogen and oxygen atoms in total. The van der Waals surface area contributed by atoms with Crippen molar-refractivity contribution in [3.8, 4) is 0 Å². The van der Waals surface area contributed by atoms with Crippen LogP contribution in [0.2, 0.25) is 0 Å². The Bertz CT molecular complexity index is 243. The Kier molecular flexibility index (Phi) is 6.86. The molecule has 0 unspecified atom stereocenters. The van der Waals surface area contributed by atoms with Gasteiger partial charge in [-0.05, 0) is 25.2 Å². The monoisotopic (exact) mass is 222 g/mol. The normalized spacial score (nSPS) is 25.8. The van der Waals surface area contributed by atoms with Crippen molar-refractivity contribution in [2.24, 2.45) is 5.92 Å². The smallest absolute Gasteiger partial charge is 0.0643 e. The minimum atomic E-state index is 0.378. The van der Waals surface area contributed by atoms with Gasteiger partial charge in [0.25, 0.3) is 0 Å². The first kappa shape index (κ1) is 13.2. The van der Waals surface area contributed by atoms with E-state index in [1.807, 2.05) is 12.2 Å². The highest BCUT2D eigenvalue weighted by Crippen LogP contribution is 2.27. The molecular formula is C14H22O2. The van der Waals surface area contributed by atoms with Gasteiger partial charge in [-0.15, -0.1) is 0 Å². The van der Waals surface area contributed by atoms with Gasteiger partial charge in [-0.3, -0.25) is 0 Å². The molecule has 90 valence electrons. The molecule has 2 atom stereocenters. The van der Waals surface area contributed by atoms with Crippen molar-refractivity contribution < 1.29 is 9.47 Å². The molecule has 0 aromatic carbocycles. The Morgan fingerprint density at radius 2 is 2.19 bits per heavy atom. The standard InChI is InChI=1S/C14H22O2/c1-3-4-5-9-14-13(10-12-16-14)8-6-7-11-15-2/h3-7,13-14H,1,8-12H2,2H3/b5-4+,7-6-/t13-,14+/m1/s1. The van der Waals surface area contributed by atoms with Crippen LogP contribution in [0.5, 0.6) is 0 Å². The lowest BCUT2D eigenvalue weighted by Gasteiger charge is -2.14. The lowest BCUT2D eigenvalue weighted by molar-refractivity contribution is 0.0934. The third-order valence-corrected chi connectivity index (χ3v) is 2.86. The van der Waals surface area contributed by atoms with Crippen LogP contribution in [0.1, 0.15) is 19.3 Å². The van der Waals surface area contributed by atoms with E-state index in [1.165, 1.54) is 6.42 Å². The maximum Gasteiger partial charge on any atom is 0.0643 e. The van der Waals surface area contributed by atoms with E-state index in [1.54, 1.807) is 7.11 Å². The molecule has 0 aromatic heterocycles. The second kappa shape index (κ2) is 8.31. The van der Waals surface area contributed by atoms with Crippen LogP contribution in [0.25, 0.3) is 0 Å². The summed E-state index contributed by atoms with van der Waals surface area (Å²) in [6, 6.07) is 0. The van der Waals surface area contributed by atoms with Gasteiger partial charge in [-0.1, -0.05) is 37.0 Å². The summed E-state index contributed by atoms with van der Waals surface area (Å²) >= 11 is 0. The van der Waals surface area contributed by atoms with Crippen LogP contribution in [0.4, 0.5) is 0 Å². The molecular weight excluding hydrogens is 200 g/mol. The van der Waals surface area contributed by atoms with E-state index in [9.17, 15) is 0 Å². The van der Waals surface area contributed by atoms with E-state index in [2.05, 4.69) is 24.8 Å². The van der Waals surface area contributed by atoms with Crippen LogP contribution in [-0.2, 0) is 9.47 Å². The number of ether oxygens (including phenoxy) is 2. The average Bonchev–Trinajstić information content (AvgIpc) is 2.73. The van der Waals surface area contributed by atoms with Crippen molar-refractivity contribution in [2.45, 2.75) is 25.4 Å². The largest absolute Gasteiger partial charge is 0.381 e. The molecule has 1 rings (SSSR count). The van der Waals surface area contributed by atoms with Gasteiger partial charge >= 0.3 is 0 Å². The van der Waals surface area contributed by atoms with Gasteiger partial charge < -0.3 is 9.47 Å². The summed E-state index contributed by atoms with van der Waals surface area (Å²) in [4.78, 5) is 0. The van der Waals surface area contributed by atoms with Crippen molar-refractivity contribution in [1.29, 1.82) is 0 Å². The van der Waals surface area contributed by atoms with Gasteiger partial charge in [0.1, 0.15) is 0 Å². The SMILES string of the molecule is C=C/C=C/C[C@@H]1OCC[C@H]1C/C=C\COC. The van der Waals surface area contributed by atoms with Crippen molar-refractivity contribution in [3.63, 3.8) is 0 Å². The lowest BCUT2D eigenvalue weighted by Crippen LogP contribution is -2.14. The lowest BCUT2D eigenvalue weighted by atomic mass is 9.95. The Labute approximate surface area is 98.6 Å². The van der Waals surface area contributed by atoms with Gasteiger partial charge in [0.15, 0.2) is 0 Å². The average molecular weight is 222 g/mol. The molecule has 16 heavy (non-hydrogen) atoms. The second-order valence-corrected chi connectivity index (χ2v) is 4.02. The minimum absolute atomic E-state index is 0.378. The topological polar surface area (TPSA) is 18.5 Å². The fourth-order valence-corrected chi connectivity index (χ4v) is 1.97. The first-order valence-corrected chi connectivity index (χ1v) is 5.91. The van der Waals surface area contributed by atoms with E-state index in [0.29, 0.717) is 18.6 Å². The highest BCUT2D eigenvalue weighted by Gasteiger charge is 2.25. The van der Waals surface area contributed by atoms with E-state index in [-0.39, 0.29) is 0 Å². The summed E-state index contributed by atoms with van der Waals surface area (Å²) in [6.07, 6.45) is 13.8. The Balaban J connectivity index is 2.28. The van der Waals surface area contributed by atoms with E-state index in [0.717, 1.165) is 19.4 Å². The molecule has 0 aliphatic carbocycles. The number of hydrogen-bond acceptors (Lipinski definition) is 2. The van der Waals surface area contributed by atoms with Gasteiger partial charge in [-0.2, -0.15) is 0 Å². The van der Waals surface area contributed by atoms with Gasteiger partial charge in [0, 0.05) is 13.7 Å². The Hall–Kier alpha value is -0.860. The first-order chi connectivity index (χ1) is 7.88. The second-order valence-electron chi connectivity index (χ2n) is 4.02. The molecule has 0 N–H and O–H groups in total. The van der Waals surface area contributed by atoms with Crippen LogP contribution < -0.4 is 0 Å². The highest BCUT2D eigenvalue weighted by molar-refractivity contribution is 4.99. The molecule has 1 saturated heterocycles. The summed E-state index contributed by atoms with van der Waals surface area (Å²) in [6.45, 7) is 5.26. The maximum absolute atomic E-state index is 5.72. The summed E-state index contributed by atoms with van der Waals surface area (Å²) in [7, 11) is 1.71. The van der Waals surface area contributed by atoms with Crippen molar-refractivity contribution in [2.75, 3.05) is 20.3 Å². The Morgan fingerprint density at radius 3 is 2.94 bits per heavy atom. The van der Waals surface area contributed by atoms with E-state index < -0.39 is 0 Å². The van der Waals surface area contributed by atoms with E-state index in [4.69, 9.17) is 9.47 Å². The Morgan fingerprint density at radius 1 is 1.31 bits per heavy atom. The molecule has 0 bridgehead atoms. The molecule has 0 spiro atoms. The zero-order valence-electron chi connectivity index (χ0n) is 10.1. The molecule has 0 amide bonds. The molecule has 1 fully saturated rings. The highest BCUT2D eigenvalue weighted by atomic mass is 16.5. The molecule has 1 heterocycles. The van der Waals surface area contributed by atoms with Gasteiger partial charge in [0.2, 0.25) is 0 Å². The molecule has 0 radical (unpaired) electrons. The van der Waals surface area contributed by atoms with Crippen molar-refractivity contribution in [1.82, 2.24) is 0 Å². The number of hydrogen-bond donors (Lipinski definition) is 0. The maximum atomic E-state index is 5.72. The third kappa shape index (κ3) is 4.77. The first-order valence-electron chi connectivity index (χ1n) is 5.91. The predicted molar refractivity (Wildman–Crippen MR) is 67.4 cm³/mol. The summed E-state index contributed by atoms with van der Waals surface area (Å²) in [5.74, 6) is 0.655. The minimum Gasteiger partial charge on any atom is -0.381 e. The van der Waals surface area contributed by atoms with Crippen molar-refractivity contribution >= 4 is 0 Å². The van der Waals surface area contributed by atoms with Crippen LogP contribution in [0, 0.1) is 5.92 Å². The predicted octanol–water partition coefficient (Wildman–Crippen LogP) is 3.12. The van der Waals surface area contributed by atoms with Crippen LogP contribution >= 0.6 is 0 Å². The fourth-order valence-electron chi connectivity index (χ4n) is 1.97. The fraction of sp³-hybridized carbons (Fsp3) is 0.571. The zero-order chi connectivity index (χ0) is 11.6. The third-order valence-electron chi connectivity index (χ3n) is 2.86. The van der Waals surface area contributed by atoms with Crippen LogP contribution in [-0.4, -0.2) is 26.4 Å². The number of methoxy groups -OCH3 is 1. The van der Waals surface area contributed by atoms with E-state index >= 15 is 0 Å². The molecule has 1 aliphatic rings. The summed E-state index contributed by atoms with van der Waals surface area (Å²) < 4.78 is 10.7. The number of allylic oxidation sites excluding steroid dienone is 3. The molecule has 0 saturated carbocycles. The van der Waals surface area contributed by atoms with Crippen LogP contribution in [0.15, 0.2) is 37.0 Å². The summed E-state index contributed by atoms with van der Waals surface area (Å²) in [5, 5.41) is 0. The summed E-state index contributed by atoms with van der Waals surface area (Å²) in [5.41, 5.74) is 0. The van der Waals surface area contributed by atoms with Crippen LogP contribution in [0.3, 0.4) is 0 Å². The van der Waals surface area contributed by atoms with Crippen molar-refractivity contribution in [3.05, 3.63) is 37.0 Å². The van der Waals surface area contributed by atoms with Gasteiger partial charge in [0.05, 0.1) is 12.7 Å². The zero-order valence-corrected chi connectivity index (χ0v) is 10.1.